The van der Waals surface area contributed by atoms with Crippen molar-refractivity contribution in [2.24, 2.45) is 0 Å². The van der Waals surface area contributed by atoms with E-state index in [0.29, 0.717) is 48.7 Å². The number of aromatic nitrogens is 2. The Kier molecular flexibility index (Phi) is 4.68. The number of aryl methyl sites for hydroxylation is 1. The minimum atomic E-state index is -3.55. The van der Waals surface area contributed by atoms with Gasteiger partial charge in [0.25, 0.3) is 0 Å². The molecule has 7 nitrogen and oxygen atoms in total. The fraction of sp³-hybridized carbons (Fsp3) is 0.400. The van der Waals surface area contributed by atoms with E-state index in [1.807, 2.05) is 25.1 Å². The van der Waals surface area contributed by atoms with Crippen LogP contribution in [-0.2, 0) is 10.0 Å². The standard InChI is InChI=1S/C20H22N4O3S2/c1-14-18(13-17(28-14)19-21-20(27-22-19)15-7-8-15)29(25,26)24-11-9-23(10-12-24)16-5-3-2-4-6-16/h2-6,13,15H,7-12H2,1H3. The van der Waals surface area contributed by atoms with Gasteiger partial charge in [-0.05, 0) is 38.0 Å². The van der Waals surface area contributed by atoms with Gasteiger partial charge in [-0.2, -0.15) is 9.29 Å². The molecule has 2 fully saturated rings. The molecule has 9 heteroatoms. The third-order valence-electron chi connectivity index (χ3n) is 5.44. The summed E-state index contributed by atoms with van der Waals surface area (Å²) in [5.74, 6) is 1.52. The topological polar surface area (TPSA) is 79.5 Å². The number of sulfonamides is 1. The molecular formula is C20H22N4O3S2. The average Bonchev–Trinajstić information content (AvgIpc) is 3.33. The van der Waals surface area contributed by atoms with Crippen molar-refractivity contribution in [1.82, 2.24) is 14.4 Å². The van der Waals surface area contributed by atoms with Crippen molar-refractivity contribution in [3.63, 3.8) is 0 Å². The van der Waals surface area contributed by atoms with Crippen molar-refractivity contribution < 1.29 is 12.9 Å². The van der Waals surface area contributed by atoms with Gasteiger partial charge in [0, 0.05) is 42.7 Å². The smallest absolute Gasteiger partial charge is 0.244 e. The first-order valence-corrected chi connectivity index (χ1v) is 12.0. The van der Waals surface area contributed by atoms with E-state index in [-0.39, 0.29) is 0 Å². The lowest BCUT2D eigenvalue weighted by molar-refractivity contribution is 0.380. The number of thiophene rings is 1. The number of piperazine rings is 1. The van der Waals surface area contributed by atoms with Crippen LogP contribution in [0.5, 0.6) is 0 Å². The van der Waals surface area contributed by atoms with Gasteiger partial charge >= 0.3 is 0 Å². The molecule has 1 aliphatic carbocycles. The van der Waals surface area contributed by atoms with Crippen molar-refractivity contribution in [1.29, 1.82) is 0 Å². The summed E-state index contributed by atoms with van der Waals surface area (Å²) >= 11 is 1.40. The highest BCUT2D eigenvalue weighted by Gasteiger charge is 2.33. The summed E-state index contributed by atoms with van der Waals surface area (Å²) < 4.78 is 33.4. The van der Waals surface area contributed by atoms with E-state index < -0.39 is 10.0 Å². The fourth-order valence-corrected chi connectivity index (χ4v) is 6.54. The van der Waals surface area contributed by atoms with Crippen molar-refractivity contribution in [3.05, 3.63) is 47.2 Å². The molecule has 0 N–H and O–H groups in total. The summed E-state index contributed by atoms with van der Waals surface area (Å²) in [5, 5.41) is 4.05. The molecule has 2 aromatic heterocycles. The summed E-state index contributed by atoms with van der Waals surface area (Å²) in [7, 11) is -3.55. The number of para-hydroxylation sites is 1. The largest absolute Gasteiger partial charge is 0.369 e. The van der Waals surface area contributed by atoms with Gasteiger partial charge in [0.1, 0.15) is 0 Å². The molecule has 1 aliphatic heterocycles. The Morgan fingerprint density at radius 3 is 2.52 bits per heavy atom. The lowest BCUT2D eigenvalue weighted by Gasteiger charge is -2.35. The molecule has 0 atom stereocenters. The zero-order valence-corrected chi connectivity index (χ0v) is 17.7. The van der Waals surface area contributed by atoms with Gasteiger partial charge in [-0.25, -0.2) is 8.42 Å². The SMILES string of the molecule is Cc1sc(-c2noc(C3CC3)n2)cc1S(=O)(=O)N1CCN(c2ccccc2)CC1. The molecule has 1 aromatic carbocycles. The Morgan fingerprint density at radius 2 is 1.83 bits per heavy atom. The third kappa shape index (κ3) is 3.58. The third-order valence-corrected chi connectivity index (χ3v) is 8.64. The quantitative estimate of drug-likeness (QED) is 0.616. The van der Waals surface area contributed by atoms with Crippen molar-refractivity contribution in [2.75, 3.05) is 31.1 Å². The summed E-state index contributed by atoms with van der Waals surface area (Å²) in [4.78, 5) is 8.51. The molecule has 0 unspecified atom stereocenters. The number of hydrogen-bond donors (Lipinski definition) is 0. The fourth-order valence-electron chi connectivity index (χ4n) is 3.63. The Labute approximate surface area is 174 Å². The number of rotatable bonds is 5. The van der Waals surface area contributed by atoms with Gasteiger partial charge in [0.2, 0.25) is 21.7 Å². The van der Waals surface area contributed by atoms with E-state index >= 15 is 0 Å². The first kappa shape index (κ1) is 18.8. The van der Waals surface area contributed by atoms with Crippen LogP contribution in [0.15, 0.2) is 45.8 Å². The maximum atomic E-state index is 13.3. The minimum Gasteiger partial charge on any atom is -0.369 e. The van der Waals surface area contributed by atoms with Crippen LogP contribution in [0.25, 0.3) is 10.7 Å². The first-order chi connectivity index (χ1) is 14.0. The summed E-state index contributed by atoms with van der Waals surface area (Å²) in [5.41, 5.74) is 1.13. The molecule has 0 amide bonds. The molecule has 3 heterocycles. The van der Waals surface area contributed by atoms with Crippen molar-refractivity contribution in [3.8, 4) is 10.7 Å². The molecular weight excluding hydrogens is 408 g/mol. The Morgan fingerprint density at radius 1 is 1.10 bits per heavy atom. The van der Waals surface area contributed by atoms with Gasteiger partial charge in [-0.1, -0.05) is 23.4 Å². The number of benzene rings is 1. The van der Waals surface area contributed by atoms with Crippen molar-refractivity contribution in [2.45, 2.75) is 30.6 Å². The summed E-state index contributed by atoms with van der Waals surface area (Å²) in [6.07, 6.45) is 2.17. The second-order valence-corrected chi connectivity index (χ2v) is 10.7. The van der Waals surface area contributed by atoms with Gasteiger partial charge in [0.15, 0.2) is 0 Å². The zero-order chi connectivity index (χ0) is 20.0. The molecule has 5 rings (SSSR count). The van der Waals surface area contributed by atoms with Crippen LogP contribution >= 0.6 is 11.3 Å². The predicted octanol–water partition coefficient (Wildman–Crippen LogP) is 3.49. The minimum absolute atomic E-state index is 0.350. The van der Waals surface area contributed by atoms with E-state index in [0.717, 1.165) is 28.3 Å². The second-order valence-electron chi connectivity index (χ2n) is 7.49. The molecule has 29 heavy (non-hydrogen) atoms. The van der Waals surface area contributed by atoms with E-state index in [4.69, 9.17) is 4.52 Å². The van der Waals surface area contributed by atoms with E-state index in [2.05, 4.69) is 27.2 Å². The molecule has 1 saturated carbocycles. The van der Waals surface area contributed by atoms with Gasteiger partial charge in [-0.3, -0.25) is 0 Å². The predicted molar refractivity (Wildman–Crippen MR) is 112 cm³/mol. The normalized spacial score (nSPS) is 18.3. The summed E-state index contributed by atoms with van der Waals surface area (Å²) in [6, 6.07) is 11.8. The molecule has 152 valence electrons. The van der Waals surface area contributed by atoms with Crippen LogP contribution in [0.1, 0.15) is 29.5 Å². The van der Waals surface area contributed by atoms with Crippen LogP contribution in [0.4, 0.5) is 5.69 Å². The maximum Gasteiger partial charge on any atom is 0.244 e. The molecule has 3 aromatic rings. The Bertz CT molecular complexity index is 1110. The van der Waals surface area contributed by atoms with Gasteiger partial charge < -0.3 is 9.42 Å². The molecule has 1 saturated heterocycles. The lowest BCUT2D eigenvalue weighted by Crippen LogP contribution is -2.48. The van der Waals surface area contributed by atoms with Crippen LogP contribution in [-0.4, -0.2) is 49.0 Å². The highest BCUT2D eigenvalue weighted by Crippen LogP contribution is 2.40. The number of hydrogen-bond acceptors (Lipinski definition) is 7. The average molecular weight is 431 g/mol. The monoisotopic (exact) mass is 430 g/mol. The zero-order valence-electron chi connectivity index (χ0n) is 16.1. The van der Waals surface area contributed by atoms with Crippen LogP contribution in [0.3, 0.4) is 0 Å². The first-order valence-electron chi connectivity index (χ1n) is 9.77. The van der Waals surface area contributed by atoms with Crippen LogP contribution < -0.4 is 4.90 Å². The molecule has 0 spiro atoms. The second kappa shape index (κ2) is 7.23. The van der Waals surface area contributed by atoms with E-state index in [9.17, 15) is 8.42 Å². The highest BCUT2D eigenvalue weighted by molar-refractivity contribution is 7.89. The highest BCUT2D eigenvalue weighted by atomic mass is 32.2. The van der Waals surface area contributed by atoms with Gasteiger partial charge in [0.05, 0.1) is 9.77 Å². The molecule has 0 radical (unpaired) electrons. The van der Waals surface area contributed by atoms with Gasteiger partial charge in [-0.15, -0.1) is 11.3 Å². The lowest BCUT2D eigenvalue weighted by atomic mass is 10.2. The van der Waals surface area contributed by atoms with Crippen LogP contribution in [0.2, 0.25) is 0 Å². The van der Waals surface area contributed by atoms with Crippen molar-refractivity contribution >= 4 is 27.0 Å². The van der Waals surface area contributed by atoms with Crippen LogP contribution in [0, 0.1) is 6.92 Å². The van der Waals surface area contributed by atoms with E-state index in [1.54, 1.807) is 10.4 Å². The number of nitrogens with zero attached hydrogens (tertiary/aromatic N) is 4. The Balaban J connectivity index is 1.34. The maximum absolute atomic E-state index is 13.3. The Hall–Kier alpha value is -2.23. The van der Waals surface area contributed by atoms with E-state index in [1.165, 1.54) is 11.3 Å². The number of anilines is 1. The molecule has 0 bridgehead atoms. The summed E-state index contributed by atoms with van der Waals surface area (Å²) in [6.45, 7) is 4.12. The molecule has 2 aliphatic rings.